The van der Waals surface area contributed by atoms with Crippen LogP contribution in [-0.2, 0) is 30.8 Å². The van der Waals surface area contributed by atoms with Crippen LogP contribution in [0.5, 0.6) is 5.75 Å². The molecule has 0 atom stereocenters. The summed E-state index contributed by atoms with van der Waals surface area (Å²) in [5.74, 6) is 1.03. The van der Waals surface area contributed by atoms with Gasteiger partial charge in [0.15, 0.2) is 0 Å². The van der Waals surface area contributed by atoms with Gasteiger partial charge in [-0.1, -0.05) is 36.4 Å². The molecule has 0 radical (unpaired) electrons. The lowest BCUT2D eigenvalue weighted by atomic mass is 10.0. The Kier molecular flexibility index (Phi) is 6.02. The van der Waals surface area contributed by atoms with E-state index >= 15 is 0 Å². The number of rotatable bonds is 6. The van der Waals surface area contributed by atoms with E-state index in [-0.39, 0.29) is 18.0 Å². The SMILES string of the molecule is COc1cccc(CNC(=O)Cn2c(N3CCc4ccccc4C3)nc(C)cc2=O)c1. The van der Waals surface area contributed by atoms with Gasteiger partial charge >= 0.3 is 0 Å². The molecule has 4 rings (SSSR count). The van der Waals surface area contributed by atoms with Crippen LogP contribution in [0.15, 0.2) is 59.4 Å². The van der Waals surface area contributed by atoms with Crippen molar-refractivity contribution in [1.82, 2.24) is 14.9 Å². The number of methoxy groups -OCH3 is 1. The highest BCUT2D eigenvalue weighted by Gasteiger charge is 2.21. The first-order valence-electron chi connectivity index (χ1n) is 10.3. The van der Waals surface area contributed by atoms with Gasteiger partial charge in [0.1, 0.15) is 12.3 Å². The summed E-state index contributed by atoms with van der Waals surface area (Å²) in [7, 11) is 1.61. The molecule has 7 nitrogen and oxygen atoms in total. The second-order valence-corrected chi connectivity index (χ2v) is 7.69. The van der Waals surface area contributed by atoms with Crippen molar-refractivity contribution in [1.29, 1.82) is 0 Å². The molecule has 31 heavy (non-hydrogen) atoms. The van der Waals surface area contributed by atoms with Crippen molar-refractivity contribution in [3.05, 3.63) is 87.3 Å². The smallest absolute Gasteiger partial charge is 0.255 e. The Hall–Kier alpha value is -3.61. The summed E-state index contributed by atoms with van der Waals surface area (Å²) in [6, 6.07) is 17.3. The van der Waals surface area contributed by atoms with Crippen LogP contribution < -0.4 is 20.5 Å². The highest BCUT2D eigenvalue weighted by molar-refractivity contribution is 5.76. The number of benzene rings is 2. The van der Waals surface area contributed by atoms with Crippen LogP contribution in [-0.4, -0.2) is 29.1 Å². The summed E-state index contributed by atoms with van der Waals surface area (Å²) in [4.78, 5) is 32.1. The average molecular weight is 418 g/mol. The minimum absolute atomic E-state index is 0.0798. The fourth-order valence-electron chi connectivity index (χ4n) is 3.84. The maximum absolute atomic E-state index is 12.7. The van der Waals surface area contributed by atoms with E-state index in [9.17, 15) is 9.59 Å². The number of carbonyl (C=O) groups is 1. The van der Waals surface area contributed by atoms with Crippen molar-refractivity contribution in [3.63, 3.8) is 0 Å². The summed E-state index contributed by atoms with van der Waals surface area (Å²) in [5.41, 5.74) is 3.88. The number of fused-ring (bicyclic) bond motifs is 1. The number of anilines is 1. The van der Waals surface area contributed by atoms with E-state index in [2.05, 4.69) is 27.3 Å². The lowest BCUT2D eigenvalue weighted by molar-refractivity contribution is -0.121. The highest BCUT2D eigenvalue weighted by atomic mass is 16.5. The molecule has 7 heteroatoms. The van der Waals surface area contributed by atoms with Crippen LogP contribution in [0.4, 0.5) is 5.95 Å². The molecule has 0 saturated heterocycles. The monoisotopic (exact) mass is 418 g/mol. The Labute approximate surface area is 181 Å². The minimum atomic E-state index is -0.241. The zero-order valence-corrected chi connectivity index (χ0v) is 17.8. The first kappa shape index (κ1) is 20.7. The minimum Gasteiger partial charge on any atom is -0.497 e. The molecule has 0 saturated carbocycles. The number of aryl methyl sites for hydroxylation is 1. The molecule has 160 valence electrons. The number of amides is 1. The zero-order chi connectivity index (χ0) is 21.8. The van der Waals surface area contributed by atoms with Crippen LogP contribution in [0.1, 0.15) is 22.4 Å². The van der Waals surface area contributed by atoms with Gasteiger partial charge in [-0.2, -0.15) is 0 Å². The summed E-state index contributed by atoms with van der Waals surface area (Å²) < 4.78 is 6.68. The van der Waals surface area contributed by atoms with E-state index in [1.54, 1.807) is 14.0 Å². The average Bonchev–Trinajstić information content (AvgIpc) is 2.79. The predicted molar refractivity (Wildman–Crippen MR) is 119 cm³/mol. The van der Waals surface area contributed by atoms with E-state index in [0.717, 1.165) is 24.3 Å². The molecule has 1 amide bonds. The van der Waals surface area contributed by atoms with Crippen molar-refractivity contribution < 1.29 is 9.53 Å². The lowest BCUT2D eigenvalue weighted by Gasteiger charge is -2.31. The van der Waals surface area contributed by atoms with E-state index in [0.29, 0.717) is 24.7 Å². The van der Waals surface area contributed by atoms with E-state index in [1.165, 1.54) is 21.8 Å². The molecule has 1 N–H and O–H groups in total. The molecular formula is C24H26N4O3. The second-order valence-electron chi connectivity index (χ2n) is 7.69. The van der Waals surface area contributed by atoms with Gasteiger partial charge < -0.3 is 15.0 Å². The van der Waals surface area contributed by atoms with Gasteiger partial charge in [0, 0.05) is 31.4 Å². The molecule has 1 aromatic heterocycles. The molecule has 0 bridgehead atoms. The summed E-state index contributed by atoms with van der Waals surface area (Å²) >= 11 is 0. The largest absolute Gasteiger partial charge is 0.497 e. The molecule has 0 spiro atoms. The van der Waals surface area contributed by atoms with Crippen LogP contribution >= 0.6 is 0 Å². The molecule has 0 unspecified atom stereocenters. The Morgan fingerprint density at radius 3 is 2.74 bits per heavy atom. The number of carbonyl (C=O) groups excluding carboxylic acids is 1. The standard InChI is InChI=1S/C24H26N4O3/c1-17-12-23(30)28(16-22(29)25-14-18-6-5-9-21(13-18)31-2)24(26-17)27-11-10-19-7-3-4-8-20(19)15-27/h3-9,12-13H,10-11,14-16H2,1-2H3,(H,25,29). The number of hydrogen-bond donors (Lipinski definition) is 1. The lowest BCUT2D eigenvalue weighted by Crippen LogP contribution is -2.39. The molecule has 3 aromatic rings. The van der Waals surface area contributed by atoms with Crippen molar-refractivity contribution in [2.75, 3.05) is 18.6 Å². The third-order valence-electron chi connectivity index (χ3n) is 5.46. The van der Waals surface area contributed by atoms with Gasteiger partial charge in [-0.3, -0.25) is 14.2 Å². The van der Waals surface area contributed by atoms with Gasteiger partial charge in [0.05, 0.1) is 7.11 Å². The van der Waals surface area contributed by atoms with Crippen LogP contribution in [0.3, 0.4) is 0 Å². The van der Waals surface area contributed by atoms with Crippen molar-refractivity contribution in [3.8, 4) is 5.75 Å². The van der Waals surface area contributed by atoms with Gasteiger partial charge in [0.25, 0.3) is 5.56 Å². The fourth-order valence-corrected chi connectivity index (χ4v) is 3.84. The number of aromatic nitrogens is 2. The normalized spacial score (nSPS) is 12.9. The summed E-state index contributed by atoms with van der Waals surface area (Å²) in [6.07, 6.45) is 0.877. The van der Waals surface area contributed by atoms with Crippen molar-refractivity contribution >= 4 is 11.9 Å². The number of hydrogen-bond acceptors (Lipinski definition) is 5. The van der Waals surface area contributed by atoms with Crippen molar-refractivity contribution in [2.45, 2.75) is 33.0 Å². The van der Waals surface area contributed by atoms with Crippen molar-refractivity contribution in [2.24, 2.45) is 0 Å². The molecular weight excluding hydrogens is 392 g/mol. The predicted octanol–water partition coefficient (Wildman–Crippen LogP) is 2.44. The van der Waals surface area contributed by atoms with E-state index in [1.807, 2.05) is 36.4 Å². The Morgan fingerprint density at radius 1 is 1.13 bits per heavy atom. The number of nitrogens with one attached hydrogen (secondary N) is 1. The number of nitrogens with zero attached hydrogens (tertiary/aromatic N) is 3. The summed E-state index contributed by atoms with van der Waals surface area (Å²) in [6.45, 7) is 3.49. The molecule has 1 aliphatic heterocycles. The molecule has 2 heterocycles. The first-order chi connectivity index (χ1) is 15.0. The Morgan fingerprint density at radius 2 is 1.94 bits per heavy atom. The van der Waals surface area contributed by atoms with Crippen LogP contribution in [0.2, 0.25) is 0 Å². The first-order valence-corrected chi connectivity index (χ1v) is 10.3. The highest BCUT2D eigenvalue weighted by Crippen LogP contribution is 2.22. The second kappa shape index (κ2) is 9.04. The van der Waals surface area contributed by atoms with Gasteiger partial charge in [-0.15, -0.1) is 0 Å². The fraction of sp³-hybridized carbons (Fsp3) is 0.292. The molecule has 2 aromatic carbocycles. The number of ether oxygens (including phenoxy) is 1. The van der Waals surface area contributed by atoms with Gasteiger partial charge in [-0.25, -0.2) is 4.98 Å². The molecule has 0 aliphatic carbocycles. The third-order valence-corrected chi connectivity index (χ3v) is 5.46. The quantitative estimate of drug-likeness (QED) is 0.665. The maximum atomic E-state index is 12.7. The topological polar surface area (TPSA) is 76.5 Å². The van der Waals surface area contributed by atoms with Crippen LogP contribution in [0, 0.1) is 6.92 Å². The molecule has 1 aliphatic rings. The third kappa shape index (κ3) is 4.77. The Balaban J connectivity index is 1.52. The maximum Gasteiger partial charge on any atom is 0.255 e. The van der Waals surface area contributed by atoms with Gasteiger partial charge in [-0.05, 0) is 42.2 Å². The van der Waals surface area contributed by atoms with E-state index < -0.39 is 0 Å². The Bertz CT molecular complexity index is 1160. The zero-order valence-electron chi connectivity index (χ0n) is 17.8. The van der Waals surface area contributed by atoms with Gasteiger partial charge in [0.2, 0.25) is 11.9 Å². The van der Waals surface area contributed by atoms with Crippen LogP contribution in [0.25, 0.3) is 0 Å². The summed E-state index contributed by atoms with van der Waals surface area (Å²) in [5, 5.41) is 2.89. The van der Waals surface area contributed by atoms with E-state index in [4.69, 9.17) is 4.74 Å². The molecule has 0 fully saturated rings.